The molecule has 88 valence electrons. The summed E-state index contributed by atoms with van der Waals surface area (Å²) >= 11 is 2.17. The normalized spacial score (nSPS) is 11.2. The fourth-order valence-corrected chi connectivity index (χ4v) is 1.65. The number of halogens is 1. The predicted molar refractivity (Wildman–Crippen MR) is 72.4 cm³/mol. The van der Waals surface area contributed by atoms with Crippen molar-refractivity contribution in [2.45, 2.75) is 13.8 Å². The first-order valence-corrected chi connectivity index (χ1v) is 6.17. The first-order chi connectivity index (χ1) is 7.44. The smallest absolute Gasteiger partial charge is 0.251 e. The number of hydrogen-bond acceptors (Lipinski definition) is 2. The molecule has 0 unspecified atom stereocenters. The average molecular weight is 333 g/mol. The monoisotopic (exact) mass is 333 g/mol. The molecule has 0 radical (unpaired) electrons. The molecule has 1 amide bonds. The first-order valence-electron chi connectivity index (χ1n) is 5.09. The molecule has 0 bridgehead atoms. The molecular formula is C12H16INO2. The van der Waals surface area contributed by atoms with Crippen molar-refractivity contribution in [1.29, 1.82) is 0 Å². The third kappa shape index (κ3) is 4.09. The fourth-order valence-electron chi connectivity index (χ4n) is 1.11. The van der Waals surface area contributed by atoms with Crippen LogP contribution in [0.3, 0.4) is 0 Å². The molecular weight excluding hydrogens is 317 g/mol. The SMILES string of the molecule is CC(C)(CO)CNC(=O)c1cccc(I)c1. The summed E-state index contributed by atoms with van der Waals surface area (Å²) in [6.07, 6.45) is 0. The van der Waals surface area contributed by atoms with Crippen molar-refractivity contribution in [3.05, 3.63) is 33.4 Å². The minimum Gasteiger partial charge on any atom is -0.396 e. The predicted octanol–water partition coefficient (Wildman–Crippen LogP) is 2.04. The quantitative estimate of drug-likeness (QED) is 0.829. The van der Waals surface area contributed by atoms with Gasteiger partial charge in [-0.15, -0.1) is 0 Å². The number of aliphatic hydroxyl groups excluding tert-OH is 1. The van der Waals surface area contributed by atoms with Gasteiger partial charge >= 0.3 is 0 Å². The van der Waals surface area contributed by atoms with Crippen LogP contribution in [-0.4, -0.2) is 24.2 Å². The largest absolute Gasteiger partial charge is 0.396 e. The number of carbonyl (C=O) groups is 1. The van der Waals surface area contributed by atoms with Gasteiger partial charge in [0.05, 0.1) is 0 Å². The van der Waals surface area contributed by atoms with Crippen molar-refractivity contribution in [3.63, 3.8) is 0 Å². The molecule has 0 spiro atoms. The van der Waals surface area contributed by atoms with Crippen molar-refractivity contribution in [2.75, 3.05) is 13.2 Å². The van der Waals surface area contributed by atoms with E-state index >= 15 is 0 Å². The molecule has 0 fully saturated rings. The van der Waals surface area contributed by atoms with Gasteiger partial charge in [-0.2, -0.15) is 0 Å². The van der Waals surface area contributed by atoms with Crippen molar-refractivity contribution in [2.24, 2.45) is 5.41 Å². The number of carbonyl (C=O) groups excluding carboxylic acids is 1. The Kier molecular flexibility index (Phi) is 4.73. The van der Waals surface area contributed by atoms with E-state index in [4.69, 9.17) is 5.11 Å². The molecule has 16 heavy (non-hydrogen) atoms. The van der Waals surface area contributed by atoms with E-state index in [9.17, 15) is 4.79 Å². The molecule has 4 heteroatoms. The molecule has 0 atom stereocenters. The second-order valence-electron chi connectivity index (χ2n) is 4.52. The molecule has 0 saturated heterocycles. The van der Waals surface area contributed by atoms with Gasteiger partial charge in [0.2, 0.25) is 0 Å². The summed E-state index contributed by atoms with van der Waals surface area (Å²) in [5, 5.41) is 11.9. The van der Waals surface area contributed by atoms with Gasteiger partial charge in [0.25, 0.3) is 5.91 Å². The molecule has 3 nitrogen and oxygen atoms in total. The minimum absolute atomic E-state index is 0.0552. The summed E-state index contributed by atoms with van der Waals surface area (Å²) < 4.78 is 1.03. The highest BCUT2D eigenvalue weighted by atomic mass is 127. The summed E-state index contributed by atoms with van der Waals surface area (Å²) in [5.74, 6) is -0.0972. The standard InChI is InChI=1S/C12H16INO2/c1-12(2,8-15)7-14-11(16)9-4-3-5-10(13)6-9/h3-6,15H,7-8H2,1-2H3,(H,14,16). The zero-order valence-corrected chi connectivity index (χ0v) is 11.6. The second kappa shape index (κ2) is 5.63. The zero-order chi connectivity index (χ0) is 12.2. The van der Waals surface area contributed by atoms with E-state index in [0.717, 1.165) is 3.57 Å². The molecule has 0 heterocycles. The molecule has 1 aromatic rings. The van der Waals surface area contributed by atoms with Crippen LogP contribution in [0.2, 0.25) is 0 Å². The van der Waals surface area contributed by atoms with Crippen LogP contribution in [0.4, 0.5) is 0 Å². The van der Waals surface area contributed by atoms with Crippen molar-refractivity contribution in [1.82, 2.24) is 5.32 Å². The van der Waals surface area contributed by atoms with Gasteiger partial charge in [0, 0.05) is 27.7 Å². The van der Waals surface area contributed by atoms with Crippen LogP contribution in [0.15, 0.2) is 24.3 Å². The van der Waals surface area contributed by atoms with E-state index in [2.05, 4.69) is 27.9 Å². The Morgan fingerprint density at radius 1 is 1.50 bits per heavy atom. The highest BCUT2D eigenvalue weighted by Crippen LogP contribution is 2.12. The Balaban J connectivity index is 2.60. The number of amides is 1. The van der Waals surface area contributed by atoms with Crippen molar-refractivity contribution >= 4 is 28.5 Å². The second-order valence-corrected chi connectivity index (χ2v) is 5.76. The van der Waals surface area contributed by atoms with E-state index in [0.29, 0.717) is 12.1 Å². The maximum Gasteiger partial charge on any atom is 0.251 e. The van der Waals surface area contributed by atoms with E-state index < -0.39 is 0 Å². The topological polar surface area (TPSA) is 49.3 Å². The molecule has 0 aliphatic rings. The van der Waals surface area contributed by atoms with Crippen molar-refractivity contribution in [3.8, 4) is 0 Å². The maximum atomic E-state index is 11.8. The third-order valence-corrected chi connectivity index (χ3v) is 2.91. The summed E-state index contributed by atoms with van der Waals surface area (Å²) in [5.41, 5.74) is 0.373. The third-order valence-electron chi connectivity index (χ3n) is 2.24. The molecule has 0 saturated carbocycles. The van der Waals surface area contributed by atoms with Crippen LogP contribution in [-0.2, 0) is 0 Å². The number of rotatable bonds is 4. The molecule has 1 rings (SSSR count). The first kappa shape index (κ1) is 13.4. The fraction of sp³-hybridized carbons (Fsp3) is 0.417. The lowest BCUT2D eigenvalue weighted by Gasteiger charge is -2.21. The van der Waals surface area contributed by atoms with E-state index in [1.54, 1.807) is 6.07 Å². The lowest BCUT2D eigenvalue weighted by molar-refractivity contribution is 0.0911. The van der Waals surface area contributed by atoms with E-state index in [1.807, 2.05) is 32.0 Å². The van der Waals surface area contributed by atoms with Crippen LogP contribution >= 0.6 is 22.6 Å². The number of hydrogen-bond donors (Lipinski definition) is 2. The molecule has 0 aliphatic heterocycles. The molecule has 0 aromatic heterocycles. The van der Waals surface area contributed by atoms with Gasteiger partial charge in [0.15, 0.2) is 0 Å². The Hall–Kier alpha value is -0.620. The molecule has 0 aliphatic carbocycles. The van der Waals surface area contributed by atoms with Crippen LogP contribution < -0.4 is 5.32 Å². The number of aliphatic hydroxyl groups is 1. The van der Waals surface area contributed by atoms with Gasteiger partial charge in [0.1, 0.15) is 0 Å². The Bertz CT molecular complexity index is 377. The summed E-state index contributed by atoms with van der Waals surface area (Å²) in [4.78, 5) is 11.8. The highest BCUT2D eigenvalue weighted by Gasteiger charge is 2.17. The van der Waals surface area contributed by atoms with E-state index in [-0.39, 0.29) is 17.9 Å². The summed E-state index contributed by atoms with van der Waals surface area (Å²) in [7, 11) is 0. The number of benzene rings is 1. The van der Waals surface area contributed by atoms with Crippen molar-refractivity contribution < 1.29 is 9.90 Å². The highest BCUT2D eigenvalue weighted by molar-refractivity contribution is 14.1. The minimum atomic E-state index is -0.280. The van der Waals surface area contributed by atoms with Crippen LogP contribution in [0.1, 0.15) is 24.2 Å². The zero-order valence-electron chi connectivity index (χ0n) is 9.46. The Morgan fingerprint density at radius 3 is 2.75 bits per heavy atom. The Labute approximate surface area is 109 Å². The van der Waals surface area contributed by atoms with Crippen LogP contribution in [0.25, 0.3) is 0 Å². The lowest BCUT2D eigenvalue weighted by Crippen LogP contribution is -2.36. The van der Waals surface area contributed by atoms with Gasteiger partial charge in [-0.1, -0.05) is 19.9 Å². The summed E-state index contributed by atoms with van der Waals surface area (Å²) in [6.45, 7) is 4.33. The lowest BCUT2D eigenvalue weighted by atomic mass is 9.95. The van der Waals surface area contributed by atoms with Crippen LogP contribution in [0, 0.1) is 8.99 Å². The molecule has 1 aromatic carbocycles. The Morgan fingerprint density at radius 2 is 2.19 bits per heavy atom. The molecule has 2 N–H and O–H groups in total. The maximum absolute atomic E-state index is 11.8. The average Bonchev–Trinajstić information content (AvgIpc) is 2.26. The summed E-state index contributed by atoms with van der Waals surface area (Å²) in [6, 6.07) is 7.41. The van der Waals surface area contributed by atoms with Gasteiger partial charge in [-0.3, -0.25) is 4.79 Å². The van der Waals surface area contributed by atoms with Crippen LogP contribution in [0.5, 0.6) is 0 Å². The van der Waals surface area contributed by atoms with E-state index in [1.165, 1.54) is 0 Å². The number of nitrogens with one attached hydrogen (secondary N) is 1. The van der Waals surface area contributed by atoms with Gasteiger partial charge in [-0.05, 0) is 40.8 Å². The van der Waals surface area contributed by atoms with Gasteiger partial charge < -0.3 is 10.4 Å². The van der Waals surface area contributed by atoms with Gasteiger partial charge in [-0.25, -0.2) is 0 Å².